The van der Waals surface area contributed by atoms with Gasteiger partial charge in [-0.3, -0.25) is 0 Å². The summed E-state index contributed by atoms with van der Waals surface area (Å²) in [5, 5.41) is 10.4. The molecular weight excluding hydrogens is 921 g/mol. The summed E-state index contributed by atoms with van der Waals surface area (Å²) in [6, 6.07) is 110. The van der Waals surface area contributed by atoms with Crippen molar-refractivity contribution in [3.63, 3.8) is 0 Å². The average Bonchev–Trinajstić information content (AvgIpc) is 3.95. The predicted octanol–water partition coefficient (Wildman–Crippen LogP) is 10.6. The Kier molecular flexibility index (Phi) is 10.4. The molecule has 0 unspecified atom stereocenters. The molecule has 0 fully saturated rings. The van der Waals surface area contributed by atoms with Crippen molar-refractivity contribution in [1.29, 1.82) is 0 Å². The quantitative estimate of drug-likeness (QED) is 0.0955. The van der Waals surface area contributed by atoms with Gasteiger partial charge in [0.15, 0.2) is 0 Å². The Morgan fingerprint density at radius 3 is 1.06 bits per heavy atom. The summed E-state index contributed by atoms with van der Waals surface area (Å²) in [6.07, 6.45) is 0. The molecule has 0 aliphatic rings. The van der Waals surface area contributed by atoms with E-state index in [0.717, 1.165) is 11.4 Å². The van der Waals surface area contributed by atoms with Crippen molar-refractivity contribution < 1.29 is 0 Å². The zero-order valence-corrected chi connectivity index (χ0v) is 41.7. The molecule has 13 rings (SSSR count). The van der Waals surface area contributed by atoms with Crippen LogP contribution in [0.2, 0.25) is 0 Å². The predicted molar refractivity (Wildman–Crippen MR) is 302 cm³/mol. The van der Waals surface area contributed by atoms with Gasteiger partial charge in [-0.2, -0.15) is 0 Å². The van der Waals surface area contributed by atoms with Crippen LogP contribution in [0.3, 0.4) is 0 Å². The number of nitrogens with zero attached hydrogens (tertiary/aromatic N) is 2. The maximum atomic E-state index is 2.56. The van der Waals surface area contributed by atoms with Gasteiger partial charge in [-0.05, 0) is 0 Å². The van der Waals surface area contributed by atoms with Crippen LogP contribution in [-0.4, -0.2) is 30.5 Å². The number of rotatable bonds is 10. The fraction of sp³-hybridized carbons (Fsp3) is 0. The third-order valence-electron chi connectivity index (χ3n) is 14.8. The Bertz CT molecular complexity index is 3740. The molecule has 0 N–H and O–H groups in total. The standard InChI is InChI=1S/C66H48GeN2Si/c1-7-24-49(25-8-1)67(50-26-9-2-10-27-50,51-28-11-3-12-29-51)52-30-23-31-53(46-52)68-65-44-42-54(69-63-40-21-19-38-59(63)60-39-20-22-41-64(60)69)47-61(65)62-48-58(43-45-66(62)68)70(55-32-13-4-14-33-55,56-34-15-5-16-35-56)57-36-17-6-18-37-57/h1-48H. The number of fused-ring (bicyclic) bond motifs is 6. The van der Waals surface area contributed by atoms with Crippen molar-refractivity contribution in [1.82, 2.24) is 9.13 Å². The molecular formula is C66H48GeN2Si. The van der Waals surface area contributed by atoms with Crippen molar-refractivity contribution in [3.8, 4) is 11.4 Å². The molecule has 0 radical (unpaired) electrons. The van der Waals surface area contributed by atoms with Crippen molar-refractivity contribution in [2.24, 2.45) is 0 Å². The van der Waals surface area contributed by atoms with Gasteiger partial charge in [0.25, 0.3) is 0 Å². The second-order valence-corrected chi connectivity index (χ2v) is 30.2. The molecule has 0 aliphatic heterocycles. The van der Waals surface area contributed by atoms with Crippen LogP contribution in [0.15, 0.2) is 291 Å². The van der Waals surface area contributed by atoms with Gasteiger partial charge in [-0.15, -0.1) is 0 Å². The van der Waals surface area contributed by atoms with Crippen LogP contribution in [0.4, 0.5) is 0 Å². The molecule has 0 bridgehead atoms. The van der Waals surface area contributed by atoms with Crippen LogP contribution >= 0.6 is 0 Å². The molecule has 0 amide bonds. The van der Waals surface area contributed by atoms with Crippen LogP contribution in [0.5, 0.6) is 0 Å². The van der Waals surface area contributed by atoms with Crippen molar-refractivity contribution in [2.75, 3.05) is 0 Å². The summed E-state index contributed by atoms with van der Waals surface area (Å²) in [5.74, 6) is 0. The van der Waals surface area contributed by atoms with E-state index in [0.29, 0.717) is 0 Å². The molecule has 70 heavy (non-hydrogen) atoms. The summed E-state index contributed by atoms with van der Waals surface area (Å²) < 4.78 is 10.6. The number of para-hydroxylation sites is 2. The van der Waals surface area contributed by atoms with Gasteiger partial charge in [0, 0.05) is 0 Å². The van der Waals surface area contributed by atoms with Gasteiger partial charge in [-0.1, -0.05) is 30.3 Å². The Labute approximate surface area is 412 Å². The molecule has 4 heteroatoms. The van der Waals surface area contributed by atoms with Gasteiger partial charge >= 0.3 is 385 Å². The summed E-state index contributed by atoms with van der Waals surface area (Å²) in [7, 11) is -2.87. The Morgan fingerprint density at radius 1 is 0.229 bits per heavy atom. The molecule has 0 aliphatic carbocycles. The summed E-state index contributed by atoms with van der Waals surface area (Å²) in [5.41, 5.74) is 7.07. The van der Waals surface area contributed by atoms with Gasteiger partial charge in [0.1, 0.15) is 0 Å². The van der Waals surface area contributed by atoms with Crippen LogP contribution in [0.25, 0.3) is 55.0 Å². The van der Waals surface area contributed by atoms with E-state index in [4.69, 9.17) is 0 Å². The molecule has 11 aromatic carbocycles. The molecule has 0 atom stereocenters. The maximum absolute atomic E-state index is 3.62. The van der Waals surface area contributed by atoms with Gasteiger partial charge < -0.3 is 0 Å². The second kappa shape index (κ2) is 17.4. The topological polar surface area (TPSA) is 9.86 Å². The monoisotopic (exact) mass is 970 g/mol. The Hall–Kier alpha value is -8.22. The number of aromatic nitrogens is 2. The fourth-order valence-corrected chi connectivity index (χ4v) is 26.7. The Balaban J connectivity index is 1.13. The number of benzene rings is 11. The molecule has 2 nitrogen and oxygen atoms in total. The SMILES string of the molecule is c1ccc([Si](c2ccccc2)(c2ccccc2)c2ccc3c(c2)c2cc(-n4c5ccccc5c5ccccc54)ccc2n3-c2ccc[c]([Ge]([c]3ccccc3)([c]3ccccc3)[c]3ccccc3)c2)cc1. The van der Waals surface area contributed by atoms with E-state index in [-0.39, 0.29) is 0 Å². The minimum atomic E-state index is -3.62. The first kappa shape index (κ1) is 41.9. The van der Waals surface area contributed by atoms with E-state index in [9.17, 15) is 0 Å². The first-order valence-electron chi connectivity index (χ1n) is 24.3. The zero-order valence-electron chi connectivity index (χ0n) is 38.6. The van der Waals surface area contributed by atoms with Gasteiger partial charge in [0.05, 0.1) is 0 Å². The van der Waals surface area contributed by atoms with E-state index in [2.05, 4.69) is 300 Å². The van der Waals surface area contributed by atoms with E-state index < -0.39 is 21.3 Å². The van der Waals surface area contributed by atoms with Gasteiger partial charge in [-0.25, -0.2) is 0 Å². The summed E-state index contributed by atoms with van der Waals surface area (Å²) in [6.45, 7) is 0. The third kappa shape index (κ3) is 6.53. The first-order chi connectivity index (χ1) is 34.7. The minimum absolute atomic E-state index is 1.15. The molecule has 13 aromatic rings. The molecule has 0 saturated carbocycles. The third-order valence-corrected chi connectivity index (χ3v) is 29.6. The van der Waals surface area contributed by atoms with E-state index in [1.807, 2.05) is 0 Å². The van der Waals surface area contributed by atoms with E-state index >= 15 is 0 Å². The normalized spacial score (nSPS) is 12.0. The molecule has 0 saturated heterocycles. The van der Waals surface area contributed by atoms with Gasteiger partial charge in [0.2, 0.25) is 0 Å². The molecule has 2 aromatic heterocycles. The van der Waals surface area contributed by atoms with Crippen molar-refractivity contribution >= 4 is 103 Å². The number of hydrogen-bond donors (Lipinski definition) is 0. The van der Waals surface area contributed by atoms with Crippen LogP contribution in [0.1, 0.15) is 0 Å². The summed E-state index contributed by atoms with van der Waals surface area (Å²) >= 11 is -3.62. The molecule has 2 heterocycles. The van der Waals surface area contributed by atoms with E-state index in [1.165, 1.54) is 81.9 Å². The second-order valence-electron chi connectivity index (χ2n) is 18.4. The van der Waals surface area contributed by atoms with Crippen LogP contribution in [-0.2, 0) is 0 Å². The Morgan fingerprint density at radius 2 is 0.586 bits per heavy atom. The van der Waals surface area contributed by atoms with Crippen LogP contribution in [0, 0.1) is 0 Å². The van der Waals surface area contributed by atoms with Crippen LogP contribution < -0.4 is 38.3 Å². The molecule has 0 spiro atoms. The first-order valence-corrected chi connectivity index (χ1v) is 30.5. The average molecular weight is 970 g/mol. The zero-order chi connectivity index (χ0) is 46.5. The van der Waals surface area contributed by atoms with Crippen molar-refractivity contribution in [2.45, 2.75) is 0 Å². The van der Waals surface area contributed by atoms with Crippen molar-refractivity contribution in [3.05, 3.63) is 291 Å². The molecule has 330 valence electrons. The fourth-order valence-electron chi connectivity index (χ4n) is 11.9. The summed E-state index contributed by atoms with van der Waals surface area (Å²) in [4.78, 5) is 0. The number of hydrogen-bond acceptors (Lipinski definition) is 0. The van der Waals surface area contributed by atoms with E-state index in [1.54, 1.807) is 0 Å².